The van der Waals surface area contributed by atoms with E-state index in [0.717, 1.165) is 5.56 Å². The quantitative estimate of drug-likeness (QED) is 0.850. The van der Waals surface area contributed by atoms with Gasteiger partial charge in [-0.25, -0.2) is 0 Å². The number of nitrogens with zero attached hydrogens (tertiary/aromatic N) is 1. The topological polar surface area (TPSA) is 62.6 Å². The number of carbonyl (C=O) groups is 2. The van der Waals surface area contributed by atoms with Gasteiger partial charge in [0.15, 0.2) is 5.76 Å². The van der Waals surface area contributed by atoms with E-state index in [0.29, 0.717) is 18.9 Å². The third-order valence-corrected chi connectivity index (χ3v) is 3.65. The zero-order chi connectivity index (χ0) is 17.5. The van der Waals surface area contributed by atoms with Gasteiger partial charge in [-0.15, -0.1) is 0 Å². The maximum Gasteiger partial charge on any atom is 0.287 e. The summed E-state index contributed by atoms with van der Waals surface area (Å²) in [4.78, 5) is 26.7. The van der Waals surface area contributed by atoms with E-state index in [4.69, 9.17) is 4.42 Å². The minimum atomic E-state index is -0.631. The van der Waals surface area contributed by atoms with Crippen LogP contribution in [0, 0.1) is 5.92 Å². The van der Waals surface area contributed by atoms with Gasteiger partial charge in [0.2, 0.25) is 5.91 Å². The fraction of sp³-hybridized carbons (Fsp3) is 0.368. The van der Waals surface area contributed by atoms with Gasteiger partial charge in [0.1, 0.15) is 6.04 Å². The minimum absolute atomic E-state index is 0.104. The first-order valence-corrected chi connectivity index (χ1v) is 8.10. The van der Waals surface area contributed by atoms with Gasteiger partial charge in [0, 0.05) is 20.0 Å². The van der Waals surface area contributed by atoms with Crippen molar-refractivity contribution in [2.45, 2.75) is 26.3 Å². The molecule has 0 bridgehead atoms. The van der Waals surface area contributed by atoms with Gasteiger partial charge in [-0.05, 0) is 23.6 Å². The Morgan fingerprint density at radius 2 is 1.83 bits per heavy atom. The summed E-state index contributed by atoms with van der Waals surface area (Å²) in [5.41, 5.74) is 0.994. The molecular formula is C19H24N2O3. The number of carbonyl (C=O) groups excluding carboxylic acids is 2. The summed E-state index contributed by atoms with van der Waals surface area (Å²) in [6, 6.07) is 12.3. The van der Waals surface area contributed by atoms with Gasteiger partial charge in [-0.3, -0.25) is 9.59 Å². The predicted molar refractivity (Wildman–Crippen MR) is 92.6 cm³/mol. The standard InChI is InChI=1S/C19H24N2O3/c1-14(2)13-21(3)19(23)16(12-15-8-5-4-6-9-15)20-18(22)17-10-7-11-24-17/h4-11,14,16H,12-13H2,1-3H3,(H,20,22). The van der Waals surface area contributed by atoms with Gasteiger partial charge in [0.05, 0.1) is 6.26 Å². The molecule has 1 aromatic heterocycles. The molecule has 5 heteroatoms. The van der Waals surface area contributed by atoms with E-state index in [9.17, 15) is 9.59 Å². The Hall–Kier alpha value is -2.56. The molecule has 0 aliphatic rings. The molecule has 2 aromatic rings. The summed E-state index contributed by atoms with van der Waals surface area (Å²) in [5, 5.41) is 2.80. The predicted octanol–water partition coefficient (Wildman–Crippen LogP) is 2.74. The monoisotopic (exact) mass is 328 g/mol. The summed E-state index contributed by atoms with van der Waals surface area (Å²) in [5.74, 6) is 0.0733. The fourth-order valence-electron chi connectivity index (χ4n) is 2.59. The van der Waals surface area contributed by atoms with Crippen molar-refractivity contribution in [1.82, 2.24) is 10.2 Å². The Bertz CT molecular complexity index is 651. The second-order valence-corrected chi connectivity index (χ2v) is 6.31. The average molecular weight is 328 g/mol. The van der Waals surface area contributed by atoms with Crippen LogP contribution in [0.1, 0.15) is 30.0 Å². The van der Waals surface area contributed by atoms with Gasteiger partial charge < -0.3 is 14.6 Å². The third kappa shape index (κ3) is 4.98. The molecule has 1 N–H and O–H groups in total. The van der Waals surface area contributed by atoms with E-state index >= 15 is 0 Å². The lowest BCUT2D eigenvalue weighted by Gasteiger charge is -2.25. The Balaban J connectivity index is 2.14. The van der Waals surface area contributed by atoms with Crippen LogP contribution in [0.25, 0.3) is 0 Å². The van der Waals surface area contributed by atoms with Crippen molar-refractivity contribution >= 4 is 11.8 Å². The number of hydrogen-bond acceptors (Lipinski definition) is 3. The Morgan fingerprint density at radius 1 is 1.12 bits per heavy atom. The highest BCUT2D eigenvalue weighted by Crippen LogP contribution is 2.09. The number of rotatable bonds is 7. The SMILES string of the molecule is CC(C)CN(C)C(=O)C(Cc1ccccc1)NC(=O)c1ccco1. The second kappa shape index (κ2) is 8.34. The molecule has 0 fully saturated rings. The molecule has 0 spiro atoms. The zero-order valence-corrected chi connectivity index (χ0v) is 14.4. The largest absolute Gasteiger partial charge is 0.459 e. The molecule has 2 rings (SSSR count). The van der Waals surface area contributed by atoms with Crippen LogP contribution < -0.4 is 5.32 Å². The normalized spacial score (nSPS) is 12.0. The van der Waals surface area contributed by atoms with Crippen molar-refractivity contribution < 1.29 is 14.0 Å². The first-order chi connectivity index (χ1) is 11.5. The van der Waals surface area contributed by atoms with E-state index in [2.05, 4.69) is 19.2 Å². The number of benzene rings is 1. The Labute approximate surface area is 142 Å². The molecule has 1 heterocycles. The number of likely N-dealkylation sites (N-methyl/N-ethyl adjacent to an activating group) is 1. The summed E-state index contributed by atoms with van der Waals surface area (Å²) in [6.45, 7) is 4.75. The van der Waals surface area contributed by atoms with Crippen molar-refractivity contribution in [3.05, 3.63) is 60.1 Å². The molecule has 0 aliphatic heterocycles. The van der Waals surface area contributed by atoms with Crippen LogP contribution in [0.3, 0.4) is 0 Å². The molecule has 0 aliphatic carbocycles. The second-order valence-electron chi connectivity index (χ2n) is 6.31. The molecule has 1 unspecified atom stereocenters. The van der Waals surface area contributed by atoms with Crippen molar-refractivity contribution in [3.63, 3.8) is 0 Å². The highest BCUT2D eigenvalue weighted by molar-refractivity contribution is 5.95. The molecule has 1 aromatic carbocycles. The van der Waals surface area contributed by atoms with E-state index in [-0.39, 0.29) is 17.6 Å². The third-order valence-electron chi connectivity index (χ3n) is 3.65. The molecule has 24 heavy (non-hydrogen) atoms. The first-order valence-electron chi connectivity index (χ1n) is 8.10. The molecular weight excluding hydrogens is 304 g/mol. The van der Waals surface area contributed by atoms with Gasteiger partial charge in [-0.1, -0.05) is 44.2 Å². The van der Waals surface area contributed by atoms with Gasteiger partial charge in [-0.2, -0.15) is 0 Å². The minimum Gasteiger partial charge on any atom is -0.459 e. The Kier molecular flexibility index (Phi) is 6.18. The summed E-state index contributed by atoms with van der Waals surface area (Å²) >= 11 is 0. The number of nitrogens with one attached hydrogen (secondary N) is 1. The highest BCUT2D eigenvalue weighted by Gasteiger charge is 2.25. The van der Waals surface area contributed by atoms with Crippen LogP contribution in [-0.4, -0.2) is 36.3 Å². The Morgan fingerprint density at radius 3 is 2.42 bits per heavy atom. The van der Waals surface area contributed by atoms with Crippen LogP contribution >= 0.6 is 0 Å². The number of furan rings is 1. The van der Waals surface area contributed by atoms with Gasteiger partial charge in [0.25, 0.3) is 5.91 Å². The maximum absolute atomic E-state index is 12.8. The lowest BCUT2D eigenvalue weighted by Crippen LogP contribution is -2.49. The van der Waals surface area contributed by atoms with Gasteiger partial charge >= 0.3 is 0 Å². The fourth-order valence-corrected chi connectivity index (χ4v) is 2.59. The van der Waals surface area contributed by atoms with E-state index in [1.165, 1.54) is 6.26 Å². The molecule has 1 atom stereocenters. The van der Waals surface area contributed by atoms with Crippen molar-refractivity contribution in [2.75, 3.05) is 13.6 Å². The number of hydrogen-bond donors (Lipinski definition) is 1. The lowest BCUT2D eigenvalue weighted by molar-refractivity contribution is -0.132. The molecule has 5 nitrogen and oxygen atoms in total. The summed E-state index contributed by atoms with van der Waals surface area (Å²) in [7, 11) is 1.76. The van der Waals surface area contributed by atoms with E-state index < -0.39 is 6.04 Å². The average Bonchev–Trinajstić information content (AvgIpc) is 3.08. The van der Waals surface area contributed by atoms with Crippen LogP contribution in [-0.2, 0) is 11.2 Å². The van der Waals surface area contributed by atoms with Crippen LogP contribution in [0.4, 0.5) is 0 Å². The first kappa shape index (κ1) is 17.8. The highest BCUT2D eigenvalue weighted by atomic mass is 16.3. The smallest absolute Gasteiger partial charge is 0.287 e. The van der Waals surface area contributed by atoms with Crippen LogP contribution in [0.15, 0.2) is 53.1 Å². The molecule has 128 valence electrons. The van der Waals surface area contributed by atoms with Crippen LogP contribution in [0.5, 0.6) is 0 Å². The van der Waals surface area contributed by atoms with Crippen molar-refractivity contribution in [1.29, 1.82) is 0 Å². The summed E-state index contributed by atoms with van der Waals surface area (Å²) in [6.07, 6.45) is 1.88. The molecule has 2 amide bonds. The molecule has 0 saturated carbocycles. The zero-order valence-electron chi connectivity index (χ0n) is 14.4. The van der Waals surface area contributed by atoms with Crippen molar-refractivity contribution in [2.24, 2.45) is 5.92 Å². The maximum atomic E-state index is 12.8. The van der Waals surface area contributed by atoms with Crippen LogP contribution in [0.2, 0.25) is 0 Å². The summed E-state index contributed by atoms with van der Waals surface area (Å²) < 4.78 is 5.11. The lowest BCUT2D eigenvalue weighted by atomic mass is 10.0. The number of amides is 2. The van der Waals surface area contributed by atoms with Crippen molar-refractivity contribution in [3.8, 4) is 0 Å². The van der Waals surface area contributed by atoms with E-state index in [1.807, 2.05) is 30.3 Å². The van der Waals surface area contributed by atoms with E-state index in [1.54, 1.807) is 24.1 Å². The molecule has 0 radical (unpaired) electrons. The molecule has 0 saturated heterocycles.